The molecule has 0 aliphatic carbocycles. The number of hydrogen-bond donors (Lipinski definition) is 0. The number of rotatable bonds is 4. The molecule has 33 heavy (non-hydrogen) atoms. The van der Waals surface area contributed by atoms with E-state index in [0.29, 0.717) is 10.6 Å². The molecule has 168 valence electrons. The van der Waals surface area contributed by atoms with Crippen molar-refractivity contribution < 1.29 is 4.79 Å². The monoisotopic (exact) mass is 458 g/mol. The van der Waals surface area contributed by atoms with E-state index in [9.17, 15) is 4.79 Å². The molecule has 1 aliphatic heterocycles. The molecule has 4 aromatic rings. The fourth-order valence-electron chi connectivity index (χ4n) is 5.17. The first-order valence-corrected chi connectivity index (χ1v) is 11.9. The van der Waals surface area contributed by atoms with Crippen molar-refractivity contribution >= 4 is 28.4 Å². The fourth-order valence-corrected chi connectivity index (χ4v) is 5.38. The van der Waals surface area contributed by atoms with Crippen molar-refractivity contribution in [3.05, 3.63) is 82.6 Å². The van der Waals surface area contributed by atoms with Crippen molar-refractivity contribution in [3.63, 3.8) is 0 Å². The third-order valence-electron chi connectivity index (χ3n) is 6.74. The first kappa shape index (κ1) is 21.7. The number of carbonyl (C=O) groups is 1. The summed E-state index contributed by atoms with van der Waals surface area (Å²) in [6, 6.07) is 17.8. The van der Waals surface area contributed by atoms with E-state index >= 15 is 0 Å². The van der Waals surface area contributed by atoms with Crippen molar-refractivity contribution in [2.45, 2.75) is 45.2 Å². The van der Waals surface area contributed by atoms with Crippen LogP contribution in [0.5, 0.6) is 0 Å². The largest absolute Gasteiger partial charge is 0.327 e. The van der Waals surface area contributed by atoms with Crippen LogP contribution in [0, 0.1) is 0 Å². The van der Waals surface area contributed by atoms with Crippen LogP contribution in [0.4, 0.5) is 0 Å². The van der Waals surface area contributed by atoms with Gasteiger partial charge in [0.2, 0.25) is 0 Å². The molecule has 0 fully saturated rings. The van der Waals surface area contributed by atoms with Crippen LogP contribution in [-0.2, 0) is 13.5 Å². The minimum Gasteiger partial charge on any atom is -0.327 e. The highest BCUT2D eigenvalue weighted by Crippen LogP contribution is 2.41. The van der Waals surface area contributed by atoms with Gasteiger partial charge in [0, 0.05) is 41.4 Å². The summed E-state index contributed by atoms with van der Waals surface area (Å²) >= 11 is 6.40. The molecule has 2 aromatic carbocycles. The third-order valence-corrected chi connectivity index (χ3v) is 7.07. The van der Waals surface area contributed by atoms with Gasteiger partial charge in [-0.3, -0.25) is 14.5 Å². The molecular formula is C27H27ClN4O. The Morgan fingerprint density at radius 3 is 2.61 bits per heavy atom. The topological polar surface area (TPSA) is 51.0 Å². The molecule has 0 N–H and O–H groups in total. The van der Waals surface area contributed by atoms with Crippen molar-refractivity contribution in [1.29, 1.82) is 0 Å². The summed E-state index contributed by atoms with van der Waals surface area (Å²) in [4.78, 5) is 20.3. The maximum atomic E-state index is 13.9. The van der Waals surface area contributed by atoms with Gasteiger partial charge in [0.1, 0.15) is 0 Å². The number of hydrogen-bond acceptors (Lipinski definition) is 3. The highest BCUT2D eigenvalue weighted by molar-refractivity contribution is 6.35. The Bertz CT molecular complexity index is 1330. The lowest BCUT2D eigenvalue weighted by molar-refractivity contribution is 0.0513. The minimum atomic E-state index is -0.0741. The molecule has 5 nitrogen and oxygen atoms in total. The Balaban J connectivity index is 1.60. The zero-order valence-corrected chi connectivity index (χ0v) is 19.9. The van der Waals surface area contributed by atoms with Crippen LogP contribution in [0.3, 0.4) is 0 Å². The second kappa shape index (κ2) is 8.64. The predicted octanol–water partition coefficient (Wildman–Crippen LogP) is 6.22. The lowest BCUT2D eigenvalue weighted by Gasteiger charge is -2.41. The van der Waals surface area contributed by atoms with Crippen LogP contribution in [0.15, 0.2) is 60.8 Å². The second-order valence-corrected chi connectivity index (χ2v) is 9.04. The van der Waals surface area contributed by atoms with Crippen molar-refractivity contribution in [1.82, 2.24) is 19.7 Å². The zero-order valence-electron chi connectivity index (χ0n) is 19.1. The van der Waals surface area contributed by atoms with Gasteiger partial charge in [-0.1, -0.05) is 55.8 Å². The van der Waals surface area contributed by atoms with Gasteiger partial charge in [-0.05, 0) is 43.5 Å². The van der Waals surface area contributed by atoms with Gasteiger partial charge in [0.05, 0.1) is 28.0 Å². The Morgan fingerprint density at radius 2 is 1.88 bits per heavy atom. The van der Waals surface area contributed by atoms with Crippen LogP contribution in [0.1, 0.15) is 54.3 Å². The number of aryl methyl sites for hydroxylation is 1. The quantitative estimate of drug-likeness (QED) is 0.365. The summed E-state index contributed by atoms with van der Waals surface area (Å²) in [5, 5.41) is 6.33. The maximum Gasteiger partial charge on any atom is 0.254 e. The lowest BCUT2D eigenvalue weighted by atomic mass is 9.87. The van der Waals surface area contributed by atoms with Crippen LogP contribution >= 0.6 is 11.6 Å². The number of amides is 1. The summed E-state index contributed by atoms with van der Waals surface area (Å²) in [6.45, 7) is 4.28. The van der Waals surface area contributed by atoms with Crippen LogP contribution in [-0.4, -0.2) is 31.6 Å². The number of aromatic nitrogens is 3. The molecule has 0 saturated heterocycles. The number of benzene rings is 2. The smallest absolute Gasteiger partial charge is 0.254 e. The number of pyridine rings is 1. The highest BCUT2D eigenvalue weighted by atomic mass is 35.5. The normalized spacial score (nSPS) is 17.9. The second-order valence-electron chi connectivity index (χ2n) is 8.63. The van der Waals surface area contributed by atoms with E-state index in [1.165, 1.54) is 5.56 Å². The molecule has 2 unspecified atom stereocenters. The van der Waals surface area contributed by atoms with E-state index in [1.54, 1.807) is 12.3 Å². The number of nitrogens with zero attached hydrogens (tertiary/aromatic N) is 4. The van der Waals surface area contributed by atoms with Gasteiger partial charge in [0.15, 0.2) is 0 Å². The Labute approximate surface area is 199 Å². The Hall–Kier alpha value is -3.18. The van der Waals surface area contributed by atoms with E-state index in [4.69, 9.17) is 16.7 Å². The SMILES string of the molecule is CCC1Cc2c(nn(C)c2-c2ccccc2)C(CC)N1C(=O)c1ccc2nccc(Cl)c2c1. The summed E-state index contributed by atoms with van der Waals surface area (Å²) in [5.41, 5.74) is 6.01. The molecule has 5 rings (SSSR count). The van der Waals surface area contributed by atoms with Gasteiger partial charge < -0.3 is 4.90 Å². The molecule has 2 atom stereocenters. The molecule has 0 radical (unpaired) electrons. The van der Waals surface area contributed by atoms with Crippen LogP contribution in [0.25, 0.3) is 22.2 Å². The molecule has 0 saturated carbocycles. The highest BCUT2D eigenvalue weighted by Gasteiger charge is 2.40. The lowest BCUT2D eigenvalue weighted by Crippen LogP contribution is -2.47. The van der Waals surface area contributed by atoms with Crippen LogP contribution in [0.2, 0.25) is 5.02 Å². The van der Waals surface area contributed by atoms with Gasteiger partial charge in [-0.25, -0.2) is 0 Å². The summed E-state index contributed by atoms with van der Waals surface area (Å²) < 4.78 is 1.98. The molecule has 1 aliphatic rings. The van der Waals surface area contributed by atoms with E-state index in [0.717, 1.165) is 47.1 Å². The average molecular weight is 459 g/mol. The van der Waals surface area contributed by atoms with Gasteiger partial charge in [-0.2, -0.15) is 5.10 Å². The van der Waals surface area contributed by atoms with Crippen LogP contribution < -0.4 is 0 Å². The van der Waals surface area contributed by atoms with Crippen molar-refractivity contribution in [3.8, 4) is 11.3 Å². The first-order valence-electron chi connectivity index (χ1n) is 11.5. The van der Waals surface area contributed by atoms with E-state index in [1.807, 2.05) is 36.0 Å². The maximum absolute atomic E-state index is 13.9. The Morgan fingerprint density at radius 1 is 1.09 bits per heavy atom. The third kappa shape index (κ3) is 3.61. The summed E-state index contributed by atoms with van der Waals surface area (Å²) in [7, 11) is 2.00. The predicted molar refractivity (Wildman–Crippen MR) is 132 cm³/mol. The standard InChI is InChI=1S/C27H27ClN4O/c1-4-19-16-21-25(30-31(3)26(21)17-9-7-6-8-10-17)24(5-2)32(19)27(33)18-11-12-23-20(15-18)22(28)13-14-29-23/h6-15,19,24H,4-5,16H2,1-3H3. The fraction of sp³-hybridized carbons (Fsp3) is 0.296. The average Bonchev–Trinajstić information content (AvgIpc) is 3.18. The molecule has 2 aromatic heterocycles. The Kier molecular flexibility index (Phi) is 5.67. The number of fused-ring (bicyclic) bond motifs is 2. The molecular weight excluding hydrogens is 432 g/mol. The van der Waals surface area contributed by atoms with Gasteiger partial charge in [0.25, 0.3) is 5.91 Å². The van der Waals surface area contributed by atoms with Crippen molar-refractivity contribution in [2.75, 3.05) is 0 Å². The van der Waals surface area contributed by atoms with E-state index in [2.05, 4.69) is 48.0 Å². The molecule has 3 heterocycles. The molecule has 6 heteroatoms. The van der Waals surface area contributed by atoms with E-state index < -0.39 is 0 Å². The van der Waals surface area contributed by atoms with Gasteiger partial charge in [-0.15, -0.1) is 0 Å². The first-order chi connectivity index (χ1) is 16.0. The van der Waals surface area contributed by atoms with Crippen molar-refractivity contribution in [2.24, 2.45) is 7.05 Å². The summed E-state index contributed by atoms with van der Waals surface area (Å²) in [5.74, 6) is 0.0214. The number of halogens is 1. The molecule has 0 spiro atoms. The summed E-state index contributed by atoms with van der Waals surface area (Å²) in [6.07, 6.45) is 4.16. The van der Waals surface area contributed by atoms with E-state index in [-0.39, 0.29) is 18.0 Å². The number of carbonyl (C=O) groups excluding carboxylic acids is 1. The molecule has 0 bridgehead atoms. The zero-order chi connectivity index (χ0) is 23.1. The van der Waals surface area contributed by atoms with Gasteiger partial charge >= 0.3 is 0 Å². The molecule has 1 amide bonds. The minimum absolute atomic E-state index is 0.0214.